The normalized spacial score (nSPS) is 11.5. The van der Waals surface area contributed by atoms with Crippen LogP contribution in [-0.2, 0) is 11.2 Å². The SMILES string of the molecule is COc1cccc(C)c1-c1ccc(C[C@H](NC(=O)c2c(Cl)cc(C(=O)O)cc2Cl)C(=O)O)cc1. The maximum atomic E-state index is 12.7. The fourth-order valence-electron chi connectivity index (χ4n) is 3.57. The van der Waals surface area contributed by atoms with Crippen LogP contribution in [0.5, 0.6) is 5.75 Å². The molecule has 7 nitrogen and oxygen atoms in total. The van der Waals surface area contributed by atoms with Crippen LogP contribution in [0.15, 0.2) is 54.6 Å². The van der Waals surface area contributed by atoms with E-state index < -0.39 is 23.9 Å². The molecule has 3 aromatic rings. The third-order valence-corrected chi connectivity index (χ3v) is 5.85. The zero-order valence-electron chi connectivity index (χ0n) is 18.3. The number of aliphatic carboxylic acids is 1. The fraction of sp³-hybridized carbons (Fsp3) is 0.160. The van der Waals surface area contributed by atoms with Gasteiger partial charge >= 0.3 is 11.9 Å². The summed E-state index contributed by atoms with van der Waals surface area (Å²) in [5, 5.41) is 20.8. The molecule has 9 heteroatoms. The Hall–Kier alpha value is -3.55. The second-order valence-corrected chi connectivity index (χ2v) is 8.35. The first-order chi connectivity index (χ1) is 16.1. The molecule has 0 aliphatic carbocycles. The van der Waals surface area contributed by atoms with E-state index in [-0.39, 0.29) is 27.6 Å². The molecule has 3 rings (SSSR count). The lowest BCUT2D eigenvalue weighted by Crippen LogP contribution is -2.42. The predicted octanol–water partition coefficient (Wildman–Crippen LogP) is 5.10. The van der Waals surface area contributed by atoms with Crippen LogP contribution in [0.4, 0.5) is 0 Å². The van der Waals surface area contributed by atoms with E-state index in [1.165, 1.54) is 0 Å². The summed E-state index contributed by atoms with van der Waals surface area (Å²) in [7, 11) is 1.60. The summed E-state index contributed by atoms with van der Waals surface area (Å²) in [6.07, 6.45) is 0.00864. The lowest BCUT2D eigenvalue weighted by molar-refractivity contribution is -0.139. The molecule has 0 bridgehead atoms. The molecule has 1 atom stereocenters. The molecular formula is C25H21Cl2NO6. The number of carboxylic acid groups (broad SMARTS) is 2. The predicted molar refractivity (Wildman–Crippen MR) is 129 cm³/mol. The Labute approximate surface area is 205 Å². The van der Waals surface area contributed by atoms with Crippen molar-refractivity contribution < 1.29 is 29.3 Å². The van der Waals surface area contributed by atoms with Crippen molar-refractivity contribution in [2.75, 3.05) is 7.11 Å². The number of nitrogens with one attached hydrogen (secondary N) is 1. The van der Waals surface area contributed by atoms with Crippen LogP contribution in [0.25, 0.3) is 11.1 Å². The van der Waals surface area contributed by atoms with Crippen LogP contribution in [0.2, 0.25) is 10.0 Å². The highest BCUT2D eigenvalue weighted by Gasteiger charge is 2.25. The van der Waals surface area contributed by atoms with Gasteiger partial charge in [-0.3, -0.25) is 4.79 Å². The van der Waals surface area contributed by atoms with Crippen molar-refractivity contribution in [3.05, 3.63) is 86.9 Å². The number of carbonyl (C=O) groups excluding carboxylic acids is 1. The molecule has 0 fully saturated rings. The van der Waals surface area contributed by atoms with Gasteiger partial charge < -0.3 is 20.3 Å². The monoisotopic (exact) mass is 501 g/mol. The number of methoxy groups -OCH3 is 1. The molecular weight excluding hydrogens is 481 g/mol. The standard InChI is InChI=1S/C25H21Cl2NO6/c1-13-4-3-5-20(34-2)21(13)15-8-6-14(7-9-15)10-19(25(32)33)28-23(29)22-17(26)11-16(24(30)31)12-18(22)27/h3-9,11-12,19H,10H2,1-2H3,(H,28,29)(H,30,31)(H,32,33)/t19-/m0/s1. The number of aromatic carboxylic acids is 1. The average molecular weight is 502 g/mol. The topological polar surface area (TPSA) is 113 Å². The van der Waals surface area contributed by atoms with Crippen molar-refractivity contribution >= 4 is 41.0 Å². The van der Waals surface area contributed by atoms with E-state index in [1.54, 1.807) is 19.2 Å². The summed E-state index contributed by atoms with van der Waals surface area (Å²) in [5.41, 5.74) is 3.18. The molecule has 0 aliphatic rings. The van der Waals surface area contributed by atoms with Crippen LogP contribution >= 0.6 is 23.2 Å². The molecule has 34 heavy (non-hydrogen) atoms. The number of halogens is 2. The van der Waals surface area contributed by atoms with E-state index in [2.05, 4.69) is 5.32 Å². The van der Waals surface area contributed by atoms with Gasteiger partial charge in [-0.05, 0) is 41.8 Å². The maximum Gasteiger partial charge on any atom is 0.335 e. The Morgan fingerprint density at radius 2 is 1.62 bits per heavy atom. The Bertz CT molecular complexity index is 1230. The number of hydrogen-bond acceptors (Lipinski definition) is 4. The summed E-state index contributed by atoms with van der Waals surface area (Å²) in [4.78, 5) is 35.7. The lowest BCUT2D eigenvalue weighted by Gasteiger charge is -2.17. The quantitative estimate of drug-likeness (QED) is 0.395. The van der Waals surface area contributed by atoms with Gasteiger partial charge in [0.1, 0.15) is 11.8 Å². The Morgan fingerprint density at radius 3 is 2.15 bits per heavy atom. The van der Waals surface area contributed by atoms with Gasteiger partial charge in [0.05, 0.1) is 28.3 Å². The molecule has 176 valence electrons. The highest BCUT2D eigenvalue weighted by atomic mass is 35.5. The molecule has 1 amide bonds. The molecule has 3 aromatic carbocycles. The molecule has 0 aliphatic heterocycles. The smallest absolute Gasteiger partial charge is 0.335 e. The number of aryl methyl sites for hydroxylation is 1. The first-order valence-electron chi connectivity index (χ1n) is 10.1. The summed E-state index contributed by atoms with van der Waals surface area (Å²) in [6.45, 7) is 1.97. The van der Waals surface area contributed by atoms with Gasteiger partial charge in [0, 0.05) is 12.0 Å². The van der Waals surface area contributed by atoms with E-state index in [0.29, 0.717) is 5.56 Å². The van der Waals surface area contributed by atoms with Gasteiger partial charge in [0.15, 0.2) is 0 Å². The molecule has 0 aromatic heterocycles. The van der Waals surface area contributed by atoms with Crippen molar-refractivity contribution in [2.45, 2.75) is 19.4 Å². The second kappa shape index (κ2) is 10.6. The van der Waals surface area contributed by atoms with Crippen LogP contribution < -0.4 is 10.1 Å². The number of carbonyl (C=O) groups is 3. The second-order valence-electron chi connectivity index (χ2n) is 7.54. The largest absolute Gasteiger partial charge is 0.496 e. The van der Waals surface area contributed by atoms with Crippen molar-refractivity contribution in [1.29, 1.82) is 0 Å². The van der Waals surface area contributed by atoms with Gasteiger partial charge in [-0.1, -0.05) is 59.6 Å². The van der Waals surface area contributed by atoms with Crippen molar-refractivity contribution in [3.8, 4) is 16.9 Å². The number of ether oxygens (including phenoxy) is 1. The van der Waals surface area contributed by atoms with E-state index >= 15 is 0 Å². The first kappa shape index (κ1) is 25.1. The minimum absolute atomic E-state index is 0.00864. The van der Waals surface area contributed by atoms with Gasteiger partial charge in [-0.2, -0.15) is 0 Å². The zero-order chi connectivity index (χ0) is 25.0. The Morgan fingerprint density at radius 1 is 1.00 bits per heavy atom. The van der Waals surface area contributed by atoms with E-state index in [4.69, 9.17) is 33.0 Å². The average Bonchev–Trinajstić information content (AvgIpc) is 2.78. The summed E-state index contributed by atoms with van der Waals surface area (Å²) >= 11 is 12.1. The third kappa shape index (κ3) is 5.50. The molecule has 0 radical (unpaired) electrons. The first-order valence-corrected chi connectivity index (χ1v) is 10.9. The van der Waals surface area contributed by atoms with E-state index in [0.717, 1.165) is 34.6 Å². The van der Waals surface area contributed by atoms with Gasteiger partial charge in [0.2, 0.25) is 0 Å². The van der Waals surface area contributed by atoms with Crippen LogP contribution in [-0.4, -0.2) is 41.2 Å². The number of rotatable bonds is 8. The van der Waals surface area contributed by atoms with Crippen molar-refractivity contribution in [3.63, 3.8) is 0 Å². The minimum atomic E-state index is -1.27. The molecule has 0 spiro atoms. The number of amides is 1. The molecule has 0 saturated heterocycles. The Balaban J connectivity index is 1.81. The van der Waals surface area contributed by atoms with Gasteiger partial charge in [-0.25, -0.2) is 9.59 Å². The number of benzene rings is 3. The highest BCUT2D eigenvalue weighted by molar-refractivity contribution is 6.40. The third-order valence-electron chi connectivity index (χ3n) is 5.26. The van der Waals surface area contributed by atoms with Gasteiger partial charge in [0.25, 0.3) is 5.91 Å². The maximum absolute atomic E-state index is 12.7. The summed E-state index contributed by atoms with van der Waals surface area (Å²) in [5.74, 6) is -2.59. The number of carboxylic acids is 2. The van der Waals surface area contributed by atoms with Gasteiger partial charge in [-0.15, -0.1) is 0 Å². The van der Waals surface area contributed by atoms with Crippen LogP contribution in [0.1, 0.15) is 31.8 Å². The molecule has 0 heterocycles. The van der Waals surface area contributed by atoms with Crippen molar-refractivity contribution in [1.82, 2.24) is 5.32 Å². The minimum Gasteiger partial charge on any atom is -0.496 e. The summed E-state index contributed by atoms with van der Waals surface area (Å²) in [6, 6.07) is 13.9. The van der Waals surface area contributed by atoms with Crippen molar-refractivity contribution in [2.24, 2.45) is 0 Å². The van der Waals surface area contributed by atoms with Crippen LogP contribution in [0, 0.1) is 6.92 Å². The summed E-state index contributed by atoms with van der Waals surface area (Å²) < 4.78 is 5.45. The Kier molecular flexibility index (Phi) is 7.81. The lowest BCUT2D eigenvalue weighted by atomic mass is 9.97. The van der Waals surface area contributed by atoms with E-state index in [1.807, 2.05) is 37.3 Å². The molecule has 0 saturated carbocycles. The van der Waals surface area contributed by atoms with Crippen LogP contribution in [0.3, 0.4) is 0 Å². The fourth-order valence-corrected chi connectivity index (χ4v) is 4.23. The highest BCUT2D eigenvalue weighted by Crippen LogP contribution is 2.33. The molecule has 0 unspecified atom stereocenters. The van der Waals surface area contributed by atoms with E-state index in [9.17, 15) is 19.5 Å². The zero-order valence-corrected chi connectivity index (χ0v) is 19.8. The number of hydrogen-bond donors (Lipinski definition) is 3. The molecule has 3 N–H and O–H groups in total.